The van der Waals surface area contributed by atoms with Crippen molar-refractivity contribution in [2.45, 2.75) is 0 Å². The van der Waals surface area contributed by atoms with Crippen LogP contribution in [-0.2, 0) is 0 Å². The SMILES string of the molecule is N#Cc1ccc2[nH]cc(-c3cccc(Cl)c3)c2c1. The monoisotopic (exact) mass is 252 g/mol. The van der Waals surface area contributed by atoms with Crippen LogP contribution in [0.25, 0.3) is 22.0 Å². The molecule has 0 aliphatic rings. The van der Waals surface area contributed by atoms with E-state index in [0.29, 0.717) is 10.6 Å². The van der Waals surface area contributed by atoms with Crippen LogP contribution < -0.4 is 0 Å². The second-order valence-electron chi connectivity index (χ2n) is 4.08. The number of nitrogens with one attached hydrogen (secondary N) is 1. The summed E-state index contributed by atoms with van der Waals surface area (Å²) in [6, 6.07) is 15.5. The number of rotatable bonds is 1. The summed E-state index contributed by atoms with van der Waals surface area (Å²) in [6.45, 7) is 0. The number of benzene rings is 2. The van der Waals surface area contributed by atoms with E-state index in [1.807, 2.05) is 42.6 Å². The third kappa shape index (κ3) is 1.75. The maximum atomic E-state index is 8.96. The number of hydrogen-bond donors (Lipinski definition) is 1. The molecule has 2 aromatic carbocycles. The molecule has 0 spiro atoms. The lowest BCUT2D eigenvalue weighted by atomic mass is 10.0. The van der Waals surface area contributed by atoms with Crippen molar-refractivity contribution in [1.29, 1.82) is 5.26 Å². The zero-order valence-corrected chi connectivity index (χ0v) is 10.2. The molecule has 3 aromatic rings. The molecule has 0 saturated carbocycles. The molecule has 0 aliphatic heterocycles. The number of hydrogen-bond acceptors (Lipinski definition) is 1. The lowest BCUT2D eigenvalue weighted by molar-refractivity contribution is 1.46. The summed E-state index contributed by atoms with van der Waals surface area (Å²) in [4.78, 5) is 3.20. The van der Waals surface area contributed by atoms with Gasteiger partial charge in [0.2, 0.25) is 0 Å². The first kappa shape index (κ1) is 10.9. The zero-order chi connectivity index (χ0) is 12.5. The van der Waals surface area contributed by atoms with E-state index in [-0.39, 0.29) is 0 Å². The molecular formula is C15H9ClN2. The van der Waals surface area contributed by atoms with Crippen molar-refractivity contribution in [3.8, 4) is 17.2 Å². The predicted octanol–water partition coefficient (Wildman–Crippen LogP) is 4.36. The minimum Gasteiger partial charge on any atom is -0.361 e. The number of nitrogens with zero attached hydrogens (tertiary/aromatic N) is 1. The molecule has 86 valence electrons. The first-order chi connectivity index (χ1) is 8.78. The van der Waals surface area contributed by atoms with Crippen molar-refractivity contribution in [2.75, 3.05) is 0 Å². The van der Waals surface area contributed by atoms with Crippen LogP contribution in [0.2, 0.25) is 5.02 Å². The van der Waals surface area contributed by atoms with Gasteiger partial charge in [-0.05, 0) is 35.9 Å². The maximum Gasteiger partial charge on any atom is 0.0991 e. The van der Waals surface area contributed by atoms with Crippen molar-refractivity contribution in [3.63, 3.8) is 0 Å². The van der Waals surface area contributed by atoms with Gasteiger partial charge in [0.05, 0.1) is 11.6 Å². The van der Waals surface area contributed by atoms with Gasteiger partial charge >= 0.3 is 0 Å². The molecule has 1 aromatic heterocycles. The largest absolute Gasteiger partial charge is 0.361 e. The van der Waals surface area contributed by atoms with E-state index >= 15 is 0 Å². The Morgan fingerprint density at radius 3 is 2.78 bits per heavy atom. The summed E-state index contributed by atoms with van der Waals surface area (Å²) in [5.41, 5.74) is 3.78. The van der Waals surface area contributed by atoms with Gasteiger partial charge in [-0.1, -0.05) is 23.7 Å². The fourth-order valence-corrected chi connectivity index (χ4v) is 2.28. The van der Waals surface area contributed by atoms with Crippen LogP contribution in [-0.4, -0.2) is 4.98 Å². The molecule has 18 heavy (non-hydrogen) atoms. The van der Waals surface area contributed by atoms with E-state index in [4.69, 9.17) is 16.9 Å². The highest BCUT2D eigenvalue weighted by Crippen LogP contribution is 2.30. The van der Waals surface area contributed by atoms with Crippen LogP contribution in [0, 0.1) is 11.3 Å². The van der Waals surface area contributed by atoms with E-state index in [9.17, 15) is 0 Å². The van der Waals surface area contributed by atoms with Crippen LogP contribution in [0.5, 0.6) is 0 Å². The number of aromatic nitrogens is 1. The Balaban J connectivity index is 2.27. The molecule has 1 heterocycles. The van der Waals surface area contributed by atoms with Crippen molar-refractivity contribution in [2.24, 2.45) is 0 Å². The molecule has 0 bridgehead atoms. The Kier molecular flexibility index (Phi) is 2.55. The van der Waals surface area contributed by atoms with Crippen molar-refractivity contribution >= 4 is 22.5 Å². The fraction of sp³-hybridized carbons (Fsp3) is 0. The molecule has 2 nitrogen and oxygen atoms in total. The van der Waals surface area contributed by atoms with Gasteiger partial charge in [-0.2, -0.15) is 5.26 Å². The van der Waals surface area contributed by atoms with Crippen LogP contribution in [0.1, 0.15) is 5.56 Å². The average Bonchev–Trinajstić information content (AvgIpc) is 2.81. The number of halogens is 1. The summed E-state index contributed by atoms with van der Waals surface area (Å²) in [5.74, 6) is 0. The molecule has 3 heteroatoms. The Morgan fingerprint density at radius 1 is 1.11 bits per heavy atom. The minimum absolute atomic E-state index is 0.658. The van der Waals surface area contributed by atoms with Gasteiger partial charge in [-0.3, -0.25) is 0 Å². The van der Waals surface area contributed by atoms with E-state index in [1.54, 1.807) is 6.07 Å². The minimum atomic E-state index is 0.658. The highest BCUT2D eigenvalue weighted by Gasteiger charge is 2.07. The summed E-state index contributed by atoms with van der Waals surface area (Å²) >= 11 is 6.01. The predicted molar refractivity (Wildman–Crippen MR) is 73.5 cm³/mol. The van der Waals surface area contributed by atoms with Gasteiger partial charge in [0.1, 0.15) is 0 Å². The molecular weight excluding hydrogens is 244 g/mol. The molecule has 0 aliphatic carbocycles. The third-order valence-electron chi connectivity index (χ3n) is 2.95. The van der Waals surface area contributed by atoms with Gasteiger partial charge in [0.15, 0.2) is 0 Å². The Labute approximate surface area is 109 Å². The standard InChI is InChI=1S/C15H9ClN2/c16-12-3-1-2-11(7-12)14-9-18-15-5-4-10(8-17)6-13(14)15/h1-7,9,18H. The maximum absolute atomic E-state index is 8.96. The van der Waals surface area contributed by atoms with Gasteiger partial charge < -0.3 is 4.98 Å². The van der Waals surface area contributed by atoms with E-state index in [2.05, 4.69) is 11.1 Å². The summed E-state index contributed by atoms with van der Waals surface area (Å²) in [6.07, 6.45) is 1.94. The van der Waals surface area contributed by atoms with E-state index in [0.717, 1.165) is 22.0 Å². The molecule has 0 saturated heterocycles. The van der Waals surface area contributed by atoms with Crippen LogP contribution in [0.3, 0.4) is 0 Å². The Morgan fingerprint density at radius 2 is 2.00 bits per heavy atom. The number of nitriles is 1. The average molecular weight is 253 g/mol. The van der Waals surface area contributed by atoms with Gasteiger partial charge in [-0.15, -0.1) is 0 Å². The second kappa shape index (κ2) is 4.21. The lowest BCUT2D eigenvalue weighted by Gasteiger charge is -2.00. The highest BCUT2D eigenvalue weighted by atomic mass is 35.5. The molecule has 3 rings (SSSR count). The first-order valence-electron chi connectivity index (χ1n) is 5.55. The molecule has 0 fully saturated rings. The Hall–Kier alpha value is -2.24. The van der Waals surface area contributed by atoms with E-state index < -0.39 is 0 Å². The summed E-state index contributed by atoms with van der Waals surface area (Å²) < 4.78 is 0. The number of H-pyrrole nitrogens is 1. The topological polar surface area (TPSA) is 39.6 Å². The Bertz CT molecular complexity index is 766. The van der Waals surface area contributed by atoms with Crippen LogP contribution >= 0.6 is 11.6 Å². The molecule has 1 N–H and O–H groups in total. The first-order valence-corrected chi connectivity index (χ1v) is 5.93. The second-order valence-corrected chi connectivity index (χ2v) is 4.52. The summed E-state index contributed by atoms with van der Waals surface area (Å²) in [5, 5.41) is 10.7. The lowest BCUT2D eigenvalue weighted by Crippen LogP contribution is -1.77. The van der Waals surface area contributed by atoms with Gasteiger partial charge in [-0.25, -0.2) is 0 Å². The normalized spacial score (nSPS) is 10.4. The van der Waals surface area contributed by atoms with Gasteiger partial charge in [0.25, 0.3) is 0 Å². The number of fused-ring (bicyclic) bond motifs is 1. The smallest absolute Gasteiger partial charge is 0.0991 e. The molecule has 0 amide bonds. The number of aromatic amines is 1. The third-order valence-corrected chi connectivity index (χ3v) is 3.18. The van der Waals surface area contributed by atoms with Gasteiger partial charge in [0, 0.05) is 27.7 Å². The van der Waals surface area contributed by atoms with Crippen molar-refractivity contribution in [3.05, 3.63) is 59.2 Å². The molecule has 0 radical (unpaired) electrons. The van der Waals surface area contributed by atoms with Crippen molar-refractivity contribution < 1.29 is 0 Å². The fourth-order valence-electron chi connectivity index (χ4n) is 2.09. The van der Waals surface area contributed by atoms with E-state index in [1.165, 1.54) is 0 Å². The van der Waals surface area contributed by atoms with Crippen LogP contribution in [0.4, 0.5) is 0 Å². The van der Waals surface area contributed by atoms with Crippen LogP contribution in [0.15, 0.2) is 48.7 Å². The van der Waals surface area contributed by atoms with Crippen molar-refractivity contribution in [1.82, 2.24) is 4.98 Å². The zero-order valence-electron chi connectivity index (χ0n) is 9.44. The molecule has 0 unspecified atom stereocenters. The summed E-state index contributed by atoms with van der Waals surface area (Å²) in [7, 11) is 0. The molecule has 0 atom stereocenters. The quantitative estimate of drug-likeness (QED) is 0.687. The highest BCUT2D eigenvalue weighted by molar-refractivity contribution is 6.30.